The molecule has 0 aliphatic heterocycles. The summed E-state index contributed by atoms with van der Waals surface area (Å²) in [5.74, 6) is -1.20. The topological polar surface area (TPSA) is 69.6 Å². The Labute approximate surface area is 129 Å². The normalized spacial score (nSPS) is 15.7. The lowest BCUT2D eigenvalue weighted by Crippen LogP contribution is -2.48. The van der Waals surface area contributed by atoms with Gasteiger partial charge in [-0.05, 0) is 30.5 Å². The lowest BCUT2D eigenvalue weighted by Gasteiger charge is -2.43. The zero-order chi connectivity index (χ0) is 16.2. The van der Waals surface area contributed by atoms with E-state index in [1.54, 1.807) is 19.2 Å². The van der Waals surface area contributed by atoms with Crippen molar-refractivity contribution in [3.8, 4) is 0 Å². The van der Waals surface area contributed by atoms with Crippen LogP contribution in [-0.2, 0) is 10.2 Å². The fourth-order valence-electron chi connectivity index (χ4n) is 2.72. The van der Waals surface area contributed by atoms with E-state index in [4.69, 9.17) is 5.11 Å². The van der Waals surface area contributed by atoms with Crippen LogP contribution in [0.25, 0.3) is 0 Å². The highest BCUT2D eigenvalue weighted by molar-refractivity contribution is 5.75. The van der Waals surface area contributed by atoms with Gasteiger partial charge in [-0.1, -0.05) is 18.6 Å². The van der Waals surface area contributed by atoms with Crippen LogP contribution >= 0.6 is 0 Å². The molecule has 1 fully saturated rings. The summed E-state index contributed by atoms with van der Waals surface area (Å²) in [6, 6.07) is 6.14. The van der Waals surface area contributed by atoms with E-state index in [1.165, 1.54) is 17.0 Å². The molecular formula is C16H21FN2O3. The number of carbonyl (C=O) groups excluding carboxylic acids is 1. The first-order valence-electron chi connectivity index (χ1n) is 7.40. The van der Waals surface area contributed by atoms with Crippen LogP contribution in [0.3, 0.4) is 0 Å². The largest absolute Gasteiger partial charge is 0.481 e. The zero-order valence-corrected chi connectivity index (χ0v) is 12.6. The van der Waals surface area contributed by atoms with Crippen LogP contribution in [0, 0.1) is 5.82 Å². The zero-order valence-electron chi connectivity index (χ0n) is 12.6. The number of carbonyl (C=O) groups is 2. The molecule has 1 aliphatic rings. The second-order valence-corrected chi connectivity index (χ2v) is 5.86. The number of carboxylic acid groups (broad SMARTS) is 1. The Morgan fingerprint density at radius 2 is 1.95 bits per heavy atom. The fourth-order valence-corrected chi connectivity index (χ4v) is 2.72. The number of rotatable bonds is 6. The highest BCUT2D eigenvalue weighted by Gasteiger charge is 2.39. The van der Waals surface area contributed by atoms with Crippen molar-refractivity contribution in [2.24, 2.45) is 0 Å². The minimum atomic E-state index is -0.929. The molecule has 0 unspecified atom stereocenters. The molecule has 1 aliphatic carbocycles. The Morgan fingerprint density at radius 1 is 1.32 bits per heavy atom. The molecule has 0 spiro atoms. The summed E-state index contributed by atoms with van der Waals surface area (Å²) in [6.45, 7) is 0.652. The molecule has 1 aromatic carbocycles. The molecule has 5 nitrogen and oxygen atoms in total. The molecule has 2 amide bonds. The molecule has 2 N–H and O–H groups in total. The lowest BCUT2D eigenvalue weighted by molar-refractivity contribution is -0.137. The van der Waals surface area contributed by atoms with Gasteiger partial charge in [0.1, 0.15) is 5.82 Å². The molecule has 6 heteroatoms. The lowest BCUT2D eigenvalue weighted by atomic mass is 9.64. The van der Waals surface area contributed by atoms with Crippen molar-refractivity contribution in [1.82, 2.24) is 10.2 Å². The van der Waals surface area contributed by atoms with Gasteiger partial charge in [0.2, 0.25) is 0 Å². The number of urea groups is 1. The van der Waals surface area contributed by atoms with Gasteiger partial charge < -0.3 is 15.3 Å². The minimum Gasteiger partial charge on any atom is -0.481 e. The van der Waals surface area contributed by atoms with Crippen molar-refractivity contribution < 1.29 is 19.1 Å². The SMILES string of the molecule is CN(CCC(=O)O)C(=O)NCC1(c2ccc(F)cc2)CCC1. The number of halogens is 1. The molecule has 0 aromatic heterocycles. The van der Waals surface area contributed by atoms with Gasteiger partial charge in [-0.25, -0.2) is 9.18 Å². The summed E-state index contributed by atoms with van der Waals surface area (Å²) < 4.78 is 13.0. The highest BCUT2D eigenvalue weighted by Crippen LogP contribution is 2.43. The Hall–Kier alpha value is -2.11. The predicted molar refractivity (Wildman–Crippen MR) is 80.2 cm³/mol. The second-order valence-electron chi connectivity index (χ2n) is 5.86. The summed E-state index contributed by atoms with van der Waals surface area (Å²) in [4.78, 5) is 23.9. The first-order chi connectivity index (χ1) is 10.4. The number of nitrogens with one attached hydrogen (secondary N) is 1. The fraction of sp³-hybridized carbons (Fsp3) is 0.500. The molecule has 120 valence electrons. The van der Waals surface area contributed by atoms with Gasteiger partial charge in [0.05, 0.1) is 6.42 Å². The van der Waals surface area contributed by atoms with Gasteiger partial charge in [-0.3, -0.25) is 4.79 Å². The van der Waals surface area contributed by atoms with E-state index in [2.05, 4.69) is 5.32 Å². The average Bonchev–Trinajstić information content (AvgIpc) is 2.45. The van der Waals surface area contributed by atoms with Gasteiger partial charge >= 0.3 is 12.0 Å². The first kappa shape index (κ1) is 16.3. The minimum absolute atomic E-state index is 0.0764. The third-order valence-corrected chi connectivity index (χ3v) is 4.35. The number of aliphatic carboxylic acids is 1. The van der Waals surface area contributed by atoms with Crippen LogP contribution in [-0.4, -0.2) is 42.1 Å². The van der Waals surface area contributed by atoms with Crippen LogP contribution in [0.5, 0.6) is 0 Å². The van der Waals surface area contributed by atoms with Crippen LogP contribution in [0.2, 0.25) is 0 Å². The molecule has 0 saturated heterocycles. The van der Waals surface area contributed by atoms with Crippen LogP contribution in [0.15, 0.2) is 24.3 Å². The van der Waals surface area contributed by atoms with E-state index in [0.29, 0.717) is 6.54 Å². The standard InChI is InChI=1S/C16H21FN2O3/c1-19(10-7-14(20)21)15(22)18-11-16(8-2-9-16)12-3-5-13(17)6-4-12/h3-6H,2,7-11H2,1H3,(H,18,22)(H,20,21). The molecule has 0 radical (unpaired) electrons. The molecule has 0 atom stereocenters. The maximum absolute atomic E-state index is 13.0. The number of hydrogen-bond donors (Lipinski definition) is 2. The van der Waals surface area contributed by atoms with E-state index in [0.717, 1.165) is 24.8 Å². The Balaban J connectivity index is 1.92. The summed E-state index contributed by atoms with van der Waals surface area (Å²) in [7, 11) is 1.57. The van der Waals surface area contributed by atoms with Crippen molar-refractivity contribution in [1.29, 1.82) is 0 Å². The molecule has 2 rings (SSSR count). The summed E-state index contributed by atoms with van der Waals surface area (Å²) in [6.07, 6.45) is 2.92. The van der Waals surface area contributed by atoms with Crippen molar-refractivity contribution in [3.05, 3.63) is 35.6 Å². The van der Waals surface area contributed by atoms with Crippen molar-refractivity contribution in [3.63, 3.8) is 0 Å². The van der Waals surface area contributed by atoms with E-state index in [9.17, 15) is 14.0 Å². The number of benzene rings is 1. The summed E-state index contributed by atoms with van der Waals surface area (Å²) in [5, 5.41) is 11.5. The van der Waals surface area contributed by atoms with Gasteiger partial charge in [-0.15, -0.1) is 0 Å². The van der Waals surface area contributed by atoms with Gasteiger partial charge in [0.25, 0.3) is 0 Å². The van der Waals surface area contributed by atoms with E-state index in [1.807, 2.05) is 0 Å². The van der Waals surface area contributed by atoms with Crippen LogP contribution in [0.1, 0.15) is 31.2 Å². The first-order valence-corrected chi connectivity index (χ1v) is 7.40. The maximum Gasteiger partial charge on any atom is 0.317 e. The molecule has 1 aromatic rings. The number of carboxylic acids is 1. The van der Waals surface area contributed by atoms with Crippen molar-refractivity contribution >= 4 is 12.0 Å². The van der Waals surface area contributed by atoms with E-state index >= 15 is 0 Å². The maximum atomic E-state index is 13.0. The van der Waals surface area contributed by atoms with E-state index in [-0.39, 0.29) is 30.2 Å². The van der Waals surface area contributed by atoms with Gasteiger partial charge in [-0.2, -0.15) is 0 Å². The number of amides is 2. The quantitative estimate of drug-likeness (QED) is 0.847. The van der Waals surface area contributed by atoms with E-state index < -0.39 is 5.97 Å². The highest BCUT2D eigenvalue weighted by atomic mass is 19.1. The van der Waals surface area contributed by atoms with Crippen molar-refractivity contribution in [2.75, 3.05) is 20.1 Å². The average molecular weight is 308 g/mol. The molecule has 1 saturated carbocycles. The number of hydrogen-bond acceptors (Lipinski definition) is 2. The molecular weight excluding hydrogens is 287 g/mol. The van der Waals surface area contributed by atoms with Crippen LogP contribution in [0.4, 0.5) is 9.18 Å². The molecule has 0 bridgehead atoms. The Bertz CT molecular complexity index is 541. The Morgan fingerprint density at radius 3 is 2.45 bits per heavy atom. The Kier molecular flexibility index (Phi) is 5.00. The third-order valence-electron chi connectivity index (χ3n) is 4.35. The van der Waals surface area contributed by atoms with Gasteiger partial charge in [0, 0.05) is 25.6 Å². The second kappa shape index (κ2) is 6.77. The van der Waals surface area contributed by atoms with Crippen molar-refractivity contribution in [2.45, 2.75) is 31.1 Å². The number of nitrogens with zero attached hydrogens (tertiary/aromatic N) is 1. The van der Waals surface area contributed by atoms with Gasteiger partial charge in [0.15, 0.2) is 0 Å². The summed E-state index contributed by atoms with van der Waals surface area (Å²) >= 11 is 0. The van der Waals surface area contributed by atoms with Crippen LogP contribution < -0.4 is 5.32 Å². The molecule has 0 heterocycles. The third kappa shape index (κ3) is 3.75. The monoisotopic (exact) mass is 308 g/mol. The smallest absolute Gasteiger partial charge is 0.317 e. The summed E-state index contributed by atoms with van der Waals surface area (Å²) in [5.41, 5.74) is 0.908. The predicted octanol–water partition coefficient (Wildman–Crippen LogP) is 2.36. The molecule has 22 heavy (non-hydrogen) atoms.